The van der Waals surface area contributed by atoms with Crippen LogP contribution in [-0.4, -0.2) is 12.6 Å². The van der Waals surface area contributed by atoms with E-state index in [1.807, 2.05) is 37.8 Å². The first-order chi connectivity index (χ1) is 16.4. The first-order valence-electron chi connectivity index (χ1n) is 11.4. The molecule has 0 radical (unpaired) electrons. The lowest BCUT2D eigenvalue weighted by atomic mass is 9.89. The first-order valence-corrected chi connectivity index (χ1v) is 11.4. The number of benzene rings is 3. The van der Waals surface area contributed by atoms with E-state index in [0.29, 0.717) is 12.1 Å². The van der Waals surface area contributed by atoms with Crippen molar-refractivity contribution < 1.29 is 26.3 Å². The van der Waals surface area contributed by atoms with Crippen molar-refractivity contribution in [3.63, 3.8) is 0 Å². The standard InChI is InChI=1S/C27H26F6N2/c1-4-20-15-35(24-13-17(3)16(2)12-23(24)34-20)25(18-8-6-5-7-9-18)21-11-10-19(26(28,29)30)14-22(21)27(31,32)33/h5-14,20,25,34H,4,15H2,1-3H3. The number of alkyl halides is 6. The molecule has 186 valence electrons. The molecule has 1 heterocycles. The maximum atomic E-state index is 14.2. The lowest BCUT2D eigenvalue weighted by Gasteiger charge is -2.43. The number of nitrogens with zero attached hydrogens (tertiary/aromatic N) is 1. The summed E-state index contributed by atoms with van der Waals surface area (Å²) in [6, 6.07) is 13.5. The van der Waals surface area contributed by atoms with Crippen LogP contribution in [0, 0.1) is 13.8 Å². The van der Waals surface area contributed by atoms with Crippen LogP contribution in [0.4, 0.5) is 37.7 Å². The second-order valence-corrected chi connectivity index (χ2v) is 8.97. The first kappa shape index (κ1) is 24.9. The summed E-state index contributed by atoms with van der Waals surface area (Å²) < 4.78 is 82.7. The third kappa shape index (κ3) is 4.97. The van der Waals surface area contributed by atoms with Crippen molar-refractivity contribution in [3.05, 3.63) is 94.0 Å². The molecule has 0 fully saturated rings. The van der Waals surface area contributed by atoms with Gasteiger partial charge in [-0.05, 0) is 66.8 Å². The maximum Gasteiger partial charge on any atom is 0.416 e. The fraction of sp³-hybridized carbons (Fsp3) is 0.333. The fourth-order valence-electron chi connectivity index (χ4n) is 4.61. The SMILES string of the molecule is CCC1CN(C(c2ccccc2)c2ccc(C(F)(F)F)cc2C(F)(F)F)c2cc(C)c(C)cc2N1. The molecule has 0 saturated carbocycles. The van der Waals surface area contributed by atoms with Crippen LogP contribution in [0.3, 0.4) is 0 Å². The van der Waals surface area contributed by atoms with Crippen LogP contribution in [0.15, 0.2) is 60.7 Å². The summed E-state index contributed by atoms with van der Waals surface area (Å²) >= 11 is 0. The Balaban J connectivity index is 1.99. The van der Waals surface area contributed by atoms with Gasteiger partial charge in [0.25, 0.3) is 0 Å². The van der Waals surface area contributed by atoms with E-state index in [1.54, 1.807) is 30.3 Å². The number of nitrogens with one attached hydrogen (secondary N) is 1. The van der Waals surface area contributed by atoms with Crippen LogP contribution in [0.25, 0.3) is 0 Å². The number of aryl methyl sites for hydroxylation is 2. The fourth-order valence-corrected chi connectivity index (χ4v) is 4.61. The average Bonchev–Trinajstić information content (AvgIpc) is 2.79. The summed E-state index contributed by atoms with van der Waals surface area (Å²) in [7, 11) is 0. The van der Waals surface area contributed by atoms with Crippen LogP contribution in [0.5, 0.6) is 0 Å². The van der Waals surface area contributed by atoms with Gasteiger partial charge in [0, 0.05) is 12.6 Å². The van der Waals surface area contributed by atoms with Gasteiger partial charge in [-0.2, -0.15) is 26.3 Å². The van der Waals surface area contributed by atoms with Gasteiger partial charge in [-0.25, -0.2) is 0 Å². The van der Waals surface area contributed by atoms with Crippen LogP contribution >= 0.6 is 0 Å². The molecule has 1 N–H and O–H groups in total. The zero-order valence-electron chi connectivity index (χ0n) is 19.6. The van der Waals surface area contributed by atoms with Gasteiger partial charge >= 0.3 is 12.4 Å². The topological polar surface area (TPSA) is 15.3 Å². The lowest BCUT2D eigenvalue weighted by Crippen LogP contribution is -2.44. The Hall–Kier alpha value is -3.16. The van der Waals surface area contributed by atoms with Crippen molar-refractivity contribution in [1.82, 2.24) is 0 Å². The molecule has 1 aliphatic rings. The van der Waals surface area contributed by atoms with Crippen molar-refractivity contribution >= 4 is 11.4 Å². The van der Waals surface area contributed by atoms with E-state index in [1.165, 1.54) is 0 Å². The lowest BCUT2D eigenvalue weighted by molar-refractivity contribution is -0.143. The Morgan fingerprint density at radius 2 is 1.54 bits per heavy atom. The maximum absolute atomic E-state index is 14.2. The minimum absolute atomic E-state index is 0.0420. The Labute approximate surface area is 200 Å². The van der Waals surface area contributed by atoms with Gasteiger partial charge in [0.15, 0.2) is 0 Å². The molecule has 2 atom stereocenters. The molecule has 3 aromatic carbocycles. The van der Waals surface area contributed by atoms with Crippen molar-refractivity contribution in [1.29, 1.82) is 0 Å². The van der Waals surface area contributed by atoms with Gasteiger partial charge in [-0.1, -0.05) is 43.3 Å². The molecular formula is C27H26F6N2. The number of fused-ring (bicyclic) bond motifs is 1. The summed E-state index contributed by atoms with van der Waals surface area (Å²) in [6.07, 6.45) is -9.12. The van der Waals surface area contributed by atoms with E-state index in [0.717, 1.165) is 41.1 Å². The van der Waals surface area contributed by atoms with Gasteiger partial charge in [0.05, 0.1) is 28.5 Å². The van der Waals surface area contributed by atoms with E-state index in [-0.39, 0.29) is 17.7 Å². The molecule has 2 nitrogen and oxygen atoms in total. The number of hydrogen-bond acceptors (Lipinski definition) is 2. The summed E-state index contributed by atoms with van der Waals surface area (Å²) in [5, 5.41) is 3.46. The molecule has 2 unspecified atom stereocenters. The molecule has 1 aliphatic heterocycles. The number of halogens is 6. The van der Waals surface area contributed by atoms with Crippen LogP contribution < -0.4 is 10.2 Å². The van der Waals surface area contributed by atoms with Crippen molar-refractivity contribution in [3.8, 4) is 0 Å². The second-order valence-electron chi connectivity index (χ2n) is 8.97. The van der Waals surface area contributed by atoms with Crippen molar-refractivity contribution in [2.75, 3.05) is 16.8 Å². The minimum Gasteiger partial charge on any atom is -0.379 e. The number of rotatable bonds is 4. The molecule has 4 rings (SSSR count). The molecule has 3 aromatic rings. The van der Waals surface area contributed by atoms with Gasteiger partial charge in [-0.3, -0.25) is 0 Å². The molecule has 0 amide bonds. The van der Waals surface area contributed by atoms with Crippen LogP contribution in [0.1, 0.15) is 52.8 Å². The molecule has 0 spiro atoms. The molecule has 0 aromatic heterocycles. The van der Waals surface area contributed by atoms with E-state index in [2.05, 4.69) is 5.32 Å². The van der Waals surface area contributed by atoms with E-state index in [4.69, 9.17) is 0 Å². The smallest absolute Gasteiger partial charge is 0.379 e. The highest BCUT2D eigenvalue weighted by Crippen LogP contribution is 2.46. The molecule has 0 saturated heterocycles. The summed E-state index contributed by atoms with van der Waals surface area (Å²) in [5.74, 6) is 0. The van der Waals surface area contributed by atoms with Crippen molar-refractivity contribution in [2.45, 2.75) is 51.6 Å². The molecule has 0 aliphatic carbocycles. The largest absolute Gasteiger partial charge is 0.416 e. The van der Waals surface area contributed by atoms with E-state index in [9.17, 15) is 26.3 Å². The van der Waals surface area contributed by atoms with Crippen LogP contribution in [0.2, 0.25) is 0 Å². The predicted octanol–water partition coefficient (Wildman–Crippen LogP) is 8.14. The predicted molar refractivity (Wildman–Crippen MR) is 126 cm³/mol. The van der Waals surface area contributed by atoms with Gasteiger partial charge in [0.2, 0.25) is 0 Å². The van der Waals surface area contributed by atoms with Gasteiger partial charge in [0.1, 0.15) is 0 Å². The number of hydrogen-bond donors (Lipinski definition) is 1. The van der Waals surface area contributed by atoms with Gasteiger partial charge in [-0.15, -0.1) is 0 Å². The van der Waals surface area contributed by atoms with Crippen LogP contribution in [-0.2, 0) is 12.4 Å². The highest BCUT2D eigenvalue weighted by atomic mass is 19.4. The monoisotopic (exact) mass is 492 g/mol. The zero-order valence-corrected chi connectivity index (χ0v) is 19.6. The zero-order chi connectivity index (χ0) is 25.5. The average molecular weight is 493 g/mol. The highest BCUT2D eigenvalue weighted by molar-refractivity contribution is 5.76. The quantitative estimate of drug-likeness (QED) is 0.370. The Bertz CT molecular complexity index is 1200. The third-order valence-electron chi connectivity index (χ3n) is 6.60. The third-order valence-corrected chi connectivity index (χ3v) is 6.60. The molecule has 35 heavy (non-hydrogen) atoms. The summed E-state index contributed by atoms with van der Waals surface area (Å²) in [5.41, 5.74) is 1.29. The Morgan fingerprint density at radius 3 is 2.14 bits per heavy atom. The summed E-state index contributed by atoms with van der Waals surface area (Å²) in [6.45, 7) is 6.27. The highest BCUT2D eigenvalue weighted by Gasteiger charge is 2.41. The molecular weight excluding hydrogens is 466 g/mol. The van der Waals surface area contributed by atoms with Crippen molar-refractivity contribution in [2.24, 2.45) is 0 Å². The normalized spacial score (nSPS) is 17.1. The Morgan fingerprint density at radius 1 is 0.886 bits per heavy atom. The molecule has 8 heteroatoms. The minimum atomic E-state index is -4.96. The van der Waals surface area contributed by atoms with E-state index >= 15 is 0 Å². The van der Waals surface area contributed by atoms with Gasteiger partial charge < -0.3 is 10.2 Å². The van der Waals surface area contributed by atoms with E-state index < -0.39 is 29.5 Å². The Kier molecular flexibility index (Phi) is 6.51. The summed E-state index contributed by atoms with van der Waals surface area (Å²) in [4.78, 5) is 1.89. The molecule has 0 bridgehead atoms. The second kappa shape index (κ2) is 9.13. The number of anilines is 2.